The van der Waals surface area contributed by atoms with Gasteiger partial charge < -0.3 is 5.32 Å². The van der Waals surface area contributed by atoms with Gasteiger partial charge in [0, 0.05) is 39.8 Å². The molecule has 1 aromatic heterocycles. The molecule has 5 heteroatoms. The summed E-state index contributed by atoms with van der Waals surface area (Å²) in [6.45, 7) is 8.97. The Morgan fingerprint density at radius 1 is 1.44 bits per heavy atom. The highest BCUT2D eigenvalue weighted by Gasteiger charge is 2.14. The summed E-state index contributed by atoms with van der Waals surface area (Å²) >= 11 is 1.73. The van der Waals surface area contributed by atoms with Crippen molar-refractivity contribution in [3.63, 3.8) is 0 Å². The second kappa shape index (κ2) is 5.89. The zero-order chi connectivity index (χ0) is 12.3. The van der Waals surface area contributed by atoms with Gasteiger partial charge in [-0.2, -0.15) is 0 Å². The number of rotatable bonds is 5. The first-order valence-electron chi connectivity index (χ1n) is 5.41. The molecule has 0 aliphatic rings. The maximum Gasteiger partial charge on any atom is 0.0900 e. The third-order valence-electron chi connectivity index (χ3n) is 2.61. The molecule has 92 valence electrons. The van der Waals surface area contributed by atoms with Crippen LogP contribution in [0.3, 0.4) is 0 Å². The van der Waals surface area contributed by atoms with Crippen LogP contribution in [0.2, 0.25) is 0 Å². The fourth-order valence-electron chi connectivity index (χ4n) is 1.50. The minimum absolute atomic E-state index is 0.191. The summed E-state index contributed by atoms with van der Waals surface area (Å²) in [5.41, 5.74) is 1.10. The van der Waals surface area contributed by atoms with Crippen molar-refractivity contribution in [1.82, 2.24) is 10.3 Å². The Hall–Kier alpha value is -0.260. The van der Waals surface area contributed by atoms with Crippen LogP contribution in [-0.2, 0) is 10.8 Å². The minimum Gasteiger partial charge on any atom is -0.308 e. The molecular formula is C11H20N2OS2. The largest absolute Gasteiger partial charge is 0.308 e. The lowest BCUT2D eigenvalue weighted by molar-refractivity contribution is 0.573. The number of thiazole rings is 1. The second-order valence-electron chi connectivity index (χ2n) is 4.12. The molecule has 3 atom stereocenters. The Balaban J connectivity index is 2.56. The average molecular weight is 260 g/mol. The van der Waals surface area contributed by atoms with Gasteiger partial charge in [-0.05, 0) is 27.7 Å². The molecule has 0 bridgehead atoms. The van der Waals surface area contributed by atoms with Crippen molar-refractivity contribution in [3.05, 3.63) is 15.6 Å². The van der Waals surface area contributed by atoms with Gasteiger partial charge in [0.2, 0.25) is 0 Å². The van der Waals surface area contributed by atoms with E-state index in [1.165, 1.54) is 4.88 Å². The molecule has 1 rings (SSSR count). The number of hydrogen-bond acceptors (Lipinski definition) is 4. The van der Waals surface area contributed by atoms with Crippen molar-refractivity contribution in [2.75, 3.05) is 12.8 Å². The van der Waals surface area contributed by atoms with Crippen molar-refractivity contribution in [2.45, 2.75) is 39.0 Å². The SMILES string of the molecule is Cc1nc(C)c(C(C)NCC(C)S(C)=O)s1. The summed E-state index contributed by atoms with van der Waals surface area (Å²) in [7, 11) is -0.758. The molecule has 0 radical (unpaired) electrons. The van der Waals surface area contributed by atoms with E-state index in [2.05, 4.69) is 17.2 Å². The van der Waals surface area contributed by atoms with Crippen LogP contribution in [0.25, 0.3) is 0 Å². The molecule has 1 aromatic rings. The van der Waals surface area contributed by atoms with E-state index < -0.39 is 10.8 Å². The molecule has 0 saturated carbocycles. The Morgan fingerprint density at radius 2 is 2.06 bits per heavy atom. The van der Waals surface area contributed by atoms with Crippen molar-refractivity contribution in [2.24, 2.45) is 0 Å². The van der Waals surface area contributed by atoms with Crippen molar-refractivity contribution >= 4 is 22.1 Å². The monoisotopic (exact) mass is 260 g/mol. The second-order valence-corrected chi connectivity index (χ2v) is 7.16. The molecule has 0 aliphatic carbocycles. The smallest absolute Gasteiger partial charge is 0.0900 e. The molecule has 1 heterocycles. The maximum atomic E-state index is 11.2. The van der Waals surface area contributed by atoms with E-state index in [4.69, 9.17) is 0 Å². The number of hydrogen-bond donors (Lipinski definition) is 1. The molecule has 0 aliphatic heterocycles. The lowest BCUT2D eigenvalue weighted by Crippen LogP contribution is -2.29. The van der Waals surface area contributed by atoms with Crippen LogP contribution in [-0.4, -0.2) is 27.2 Å². The van der Waals surface area contributed by atoms with E-state index >= 15 is 0 Å². The van der Waals surface area contributed by atoms with E-state index in [-0.39, 0.29) is 11.3 Å². The predicted octanol–water partition coefficient (Wildman–Crippen LogP) is 2.18. The Labute approximate surface area is 104 Å². The van der Waals surface area contributed by atoms with Gasteiger partial charge in [0.1, 0.15) is 0 Å². The van der Waals surface area contributed by atoms with Crippen LogP contribution in [0.5, 0.6) is 0 Å². The molecule has 0 spiro atoms. The first kappa shape index (κ1) is 13.8. The summed E-state index contributed by atoms with van der Waals surface area (Å²) in [6.07, 6.45) is 1.75. The van der Waals surface area contributed by atoms with Gasteiger partial charge in [-0.1, -0.05) is 0 Å². The van der Waals surface area contributed by atoms with Crippen molar-refractivity contribution in [3.8, 4) is 0 Å². The van der Waals surface area contributed by atoms with Gasteiger partial charge in [0.25, 0.3) is 0 Å². The summed E-state index contributed by atoms with van der Waals surface area (Å²) in [5.74, 6) is 0. The lowest BCUT2D eigenvalue weighted by Gasteiger charge is -2.15. The summed E-state index contributed by atoms with van der Waals surface area (Å²) < 4.78 is 11.2. The lowest BCUT2D eigenvalue weighted by atomic mass is 10.2. The van der Waals surface area contributed by atoms with E-state index in [0.29, 0.717) is 0 Å². The topological polar surface area (TPSA) is 42.0 Å². The van der Waals surface area contributed by atoms with E-state index in [1.807, 2.05) is 20.8 Å². The van der Waals surface area contributed by atoms with Crippen LogP contribution in [0, 0.1) is 13.8 Å². The zero-order valence-electron chi connectivity index (χ0n) is 10.5. The number of nitrogens with zero attached hydrogens (tertiary/aromatic N) is 1. The standard InChI is InChI=1S/C11H20N2OS2/c1-7(16(5)14)6-12-8(2)11-9(3)13-10(4)15-11/h7-8,12H,6H2,1-5H3. The molecule has 3 unspecified atom stereocenters. The van der Waals surface area contributed by atoms with E-state index in [0.717, 1.165) is 17.2 Å². The third-order valence-corrected chi connectivity index (χ3v) is 5.17. The molecule has 3 nitrogen and oxygen atoms in total. The summed E-state index contributed by atoms with van der Waals surface area (Å²) in [6, 6.07) is 0.289. The number of aromatic nitrogens is 1. The molecule has 0 aromatic carbocycles. The first-order valence-corrected chi connectivity index (χ1v) is 7.85. The number of nitrogens with one attached hydrogen (secondary N) is 1. The predicted molar refractivity (Wildman–Crippen MR) is 71.5 cm³/mol. The van der Waals surface area contributed by atoms with Crippen LogP contribution in [0.1, 0.15) is 35.5 Å². The first-order chi connectivity index (χ1) is 7.41. The highest BCUT2D eigenvalue weighted by atomic mass is 32.2. The highest BCUT2D eigenvalue weighted by Crippen LogP contribution is 2.24. The van der Waals surface area contributed by atoms with E-state index in [9.17, 15) is 4.21 Å². The summed E-state index contributed by atoms with van der Waals surface area (Å²) in [4.78, 5) is 5.70. The summed E-state index contributed by atoms with van der Waals surface area (Å²) in [5, 5.41) is 4.71. The average Bonchev–Trinajstić information content (AvgIpc) is 2.53. The fourth-order valence-corrected chi connectivity index (χ4v) is 2.79. The zero-order valence-corrected chi connectivity index (χ0v) is 12.2. The normalized spacial score (nSPS) is 17.1. The van der Waals surface area contributed by atoms with E-state index in [1.54, 1.807) is 17.6 Å². The van der Waals surface area contributed by atoms with Crippen molar-refractivity contribution < 1.29 is 4.21 Å². The maximum absolute atomic E-state index is 11.2. The molecule has 0 saturated heterocycles. The van der Waals surface area contributed by atoms with Gasteiger partial charge in [-0.15, -0.1) is 11.3 Å². The molecule has 0 fully saturated rings. The Bertz CT molecular complexity index is 376. The van der Waals surface area contributed by atoms with Gasteiger partial charge in [-0.3, -0.25) is 4.21 Å². The quantitative estimate of drug-likeness (QED) is 0.882. The Kier molecular flexibility index (Phi) is 5.08. The van der Waals surface area contributed by atoms with Crippen LogP contribution < -0.4 is 5.32 Å². The fraction of sp³-hybridized carbons (Fsp3) is 0.727. The Morgan fingerprint density at radius 3 is 2.50 bits per heavy atom. The van der Waals surface area contributed by atoms with Crippen LogP contribution >= 0.6 is 11.3 Å². The highest BCUT2D eigenvalue weighted by molar-refractivity contribution is 7.84. The van der Waals surface area contributed by atoms with Gasteiger partial charge in [-0.25, -0.2) is 4.98 Å². The third kappa shape index (κ3) is 3.64. The van der Waals surface area contributed by atoms with Crippen molar-refractivity contribution in [1.29, 1.82) is 0 Å². The minimum atomic E-state index is -0.758. The van der Waals surface area contributed by atoms with Crippen LogP contribution in [0.4, 0.5) is 0 Å². The van der Waals surface area contributed by atoms with Gasteiger partial charge >= 0.3 is 0 Å². The number of aryl methyl sites for hydroxylation is 2. The molecule has 1 N–H and O–H groups in total. The molecular weight excluding hydrogens is 240 g/mol. The van der Waals surface area contributed by atoms with Crippen LogP contribution in [0.15, 0.2) is 0 Å². The van der Waals surface area contributed by atoms with Gasteiger partial charge in [0.15, 0.2) is 0 Å². The molecule has 0 amide bonds. The van der Waals surface area contributed by atoms with Gasteiger partial charge in [0.05, 0.1) is 10.7 Å². The molecule has 16 heavy (non-hydrogen) atoms.